The Morgan fingerprint density at radius 2 is 1.81 bits per heavy atom. The van der Waals surface area contributed by atoms with Crippen molar-refractivity contribution < 1.29 is 24.2 Å². The van der Waals surface area contributed by atoms with E-state index >= 15 is 0 Å². The van der Waals surface area contributed by atoms with Gasteiger partial charge in [-0.25, -0.2) is 4.98 Å². The summed E-state index contributed by atoms with van der Waals surface area (Å²) >= 11 is 2.72. The molecule has 1 heterocycles. The van der Waals surface area contributed by atoms with Crippen LogP contribution in [0.3, 0.4) is 0 Å². The fourth-order valence-corrected chi connectivity index (χ4v) is 5.49. The van der Waals surface area contributed by atoms with Gasteiger partial charge in [0.25, 0.3) is 0 Å². The molecule has 1 atom stereocenters. The van der Waals surface area contributed by atoms with Crippen LogP contribution in [-0.4, -0.2) is 34.5 Å². The lowest BCUT2D eigenvalue weighted by Gasteiger charge is -2.17. The Balaban J connectivity index is 1.52. The molecule has 10 heteroatoms. The number of fused-ring (bicyclic) bond motifs is 1. The minimum Gasteiger partial charge on any atom is -0.494 e. The molecule has 8 nitrogen and oxygen atoms in total. The highest BCUT2D eigenvalue weighted by atomic mass is 32.2. The summed E-state index contributed by atoms with van der Waals surface area (Å²) in [4.78, 5) is 41.6. The molecule has 0 saturated carbocycles. The molecular weight excluding hydrogens is 510 g/mol. The quantitative estimate of drug-likeness (QED) is 0.203. The van der Waals surface area contributed by atoms with Gasteiger partial charge in [0, 0.05) is 17.0 Å². The summed E-state index contributed by atoms with van der Waals surface area (Å²) in [7, 11) is 0. The van der Waals surface area contributed by atoms with Crippen LogP contribution in [0.15, 0.2) is 77.7 Å². The summed E-state index contributed by atoms with van der Waals surface area (Å²) in [6.07, 6.45) is -0.356. The van der Waals surface area contributed by atoms with E-state index in [2.05, 4.69) is 15.6 Å². The van der Waals surface area contributed by atoms with E-state index in [1.165, 1.54) is 23.1 Å². The molecule has 3 aromatic carbocycles. The average molecular weight is 536 g/mol. The molecule has 2 amide bonds. The molecule has 37 heavy (non-hydrogen) atoms. The lowest BCUT2D eigenvalue weighted by atomic mass is 10.1. The normalized spacial score (nSPS) is 11.6. The molecule has 0 spiro atoms. The molecule has 190 valence electrons. The number of nitrogens with zero attached hydrogens (tertiary/aromatic N) is 1. The van der Waals surface area contributed by atoms with E-state index in [0.29, 0.717) is 17.4 Å². The Bertz CT molecular complexity index is 1410. The number of aliphatic carboxylic acids is 1. The maximum Gasteiger partial charge on any atom is 0.303 e. The maximum atomic E-state index is 13.5. The Hall–Kier alpha value is -3.89. The second kappa shape index (κ2) is 12.4. The monoisotopic (exact) mass is 535 g/mol. The number of rotatable bonds is 11. The lowest BCUT2D eigenvalue weighted by molar-refractivity contribution is -0.138. The summed E-state index contributed by atoms with van der Waals surface area (Å²) in [6, 6.07) is 22.2. The molecule has 3 N–H and O–H groups in total. The summed E-state index contributed by atoms with van der Waals surface area (Å²) < 4.78 is 6.47. The van der Waals surface area contributed by atoms with Crippen LogP contribution in [0.1, 0.15) is 30.6 Å². The topological polar surface area (TPSA) is 118 Å². The zero-order valence-electron chi connectivity index (χ0n) is 20.0. The number of carboxylic acid groups (broad SMARTS) is 1. The predicted molar refractivity (Wildman–Crippen MR) is 146 cm³/mol. The van der Waals surface area contributed by atoms with E-state index in [1.54, 1.807) is 18.2 Å². The molecule has 0 fully saturated rings. The first kappa shape index (κ1) is 26.2. The van der Waals surface area contributed by atoms with Gasteiger partial charge in [-0.2, -0.15) is 0 Å². The van der Waals surface area contributed by atoms with Crippen molar-refractivity contribution in [2.75, 3.05) is 17.2 Å². The van der Waals surface area contributed by atoms with Crippen LogP contribution in [0.4, 0.5) is 10.8 Å². The van der Waals surface area contributed by atoms with Crippen molar-refractivity contribution >= 4 is 61.9 Å². The second-order valence-electron chi connectivity index (χ2n) is 7.95. The largest absolute Gasteiger partial charge is 0.494 e. The maximum absolute atomic E-state index is 13.5. The van der Waals surface area contributed by atoms with E-state index in [1.807, 2.05) is 61.5 Å². The molecule has 1 aromatic heterocycles. The number of ether oxygens (including phenoxy) is 1. The van der Waals surface area contributed by atoms with Crippen LogP contribution in [0.2, 0.25) is 0 Å². The molecular formula is C27H25N3O5S2. The predicted octanol–water partition coefficient (Wildman–Crippen LogP) is 5.97. The Morgan fingerprint density at radius 1 is 1.00 bits per heavy atom. The second-order valence-corrected chi connectivity index (χ2v) is 10.2. The van der Waals surface area contributed by atoms with Crippen molar-refractivity contribution in [3.63, 3.8) is 0 Å². The van der Waals surface area contributed by atoms with Crippen molar-refractivity contribution in [1.29, 1.82) is 0 Å². The number of amides is 2. The van der Waals surface area contributed by atoms with Crippen LogP contribution in [0, 0.1) is 0 Å². The number of thioether (sulfide) groups is 1. The van der Waals surface area contributed by atoms with E-state index in [9.17, 15) is 14.4 Å². The first-order valence-electron chi connectivity index (χ1n) is 11.6. The zero-order valence-corrected chi connectivity index (χ0v) is 21.6. The molecule has 0 bridgehead atoms. The number of carboxylic acids is 1. The molecule has 4 rings (SSSR count). The molecule has 0 saturated heterocycles. The van der Waals surface area contributed by atoms with E-state index in [4.69, 9.17) is 9.84 Å². The number of thiazole rings is 1. The standard InChI is InChI=1S/C27H25N3O5S2/c1-2-35-19-11-12-21-22(16-19)37-27(29-21)30-26(34)25(17-7-4-3-5-8-17)36-20-10-6-9-18(15-20)28-23(31)13-14-24(32)33/h3-12,15-16,25H,2,13-14H2,1H3,(H,28,31)(H,32,33)(H,29,30,34). The Kier molecular flexibility index (Phi) is 8.76. The summed E-state index contributed by atoms with van der Waals surface area (Å²) in [6.45, 7) is 2.49. The number of benzene rings is 3. The minimum atomic E-state index is -1.03. The third-order valence-electron chi connectivity index (χ3n) is 5.18. The zero-order chi connectivity index (χ0) is 26.2. The van der Waals surface area contributed by atoms with E-state index < -0.39 is 11.2 Å². The number of anilines is 2. The molecule has 4 aromatic rings. The fraction of sp³-hybridized carbons (Fsp3) is 0.185. The van der Waals surface area contributed by atoms with Crippen LogP contribution in [0.25, 0.3) is 10.2 Å². The first-order valence-corrected chi connectivity index (χ1v) is 13.3. The van der Waals surface area contributed by atoms with Crippen molar-refractivity contribution in [3.05, 3.63) is 78.4 Å². The van der Waals surface area contributed by atoms with Gasteiger partial charge >= 0.3 is 5.97 Å². The number of hydrogen-bond acceptors (Lipinski definition) is 7. The smallest absolute Gasteiger partial charge is 0.303 e. The van der Waals surface area contributed by atoms with E-state index in [0.717, 1.165) is 26.4 Å². The third kappa shape index (κ3) is 7.31. The van der Waals surface area contributed by atoms with Gasteiger partial charge in [0.2, 0.25) is 11.8 Å². The first-order chi connectivity index (χ1) is 17.9. The highest BCUT2D eigenvalue weighted by molar-refractivity contribution is 8.00. The van der Waals surface area contributed by atoms with Crippen LogP contribution < -0.4 is 15.4 Å². The molecule has 0 radical (unpaired) electrons. The average Bonchev–Trinajstić information content (AvgIpc) is 3.28. The molecule has 0 aliphatic heterocycles. The SMILES string of the molecule is CCOc1ccc2nc(NC(=O)C(Sc3cccc(NC(=O)CCC(=O)O)c3)c3ccccc3)sc2c1. The Morgan fingerprint density at radius 3 is 2.57 bits per heavy atom. The molecule has 0 aliphatic rings. The Labute approximate surface area is 222 Å². The van der Waals surface area contributed by atoms with Crippen molar-refractivity contribution in [3.8, 4) is 5.75 Å². The van der Waals surface area contributed by atoms with Gasteiger partial charge in [0.05, 0.1) is 23.2 Å². The summed E-state index contributed by atoms with van der Waals surface area (Å²) in [5.41, 5.74) is 2.13. The highest BCUT2D eigenvalue weighted by Gasteiger charge is 2.23. The van der Waals surface area contributed by atoms with Crippen LogP contribution in [0.5, 0.6) is 5.75 Å². The molecule has 0 aliphatic carbocycles. The summed E-state index contributed by atoms with van der Waals surface area (Å²) in [5, 5.41) is 14.4. The number of nitrogens with one attached hydrogen (secondary N) is 2. The van der Waals surface area contributed by atoms with Crippen LogP contribution >= 0.6 is 23.1 Å². The van der Waals surface area contributed by atoms with Crippen molar-refractivity contribution in [2.45, 2.75) is 29.9 Å². The van der Waals surface area contributed by atoms with Gasteiger partial charge in [-0.1, -0.05) is 47.7 Å². The number of carbonyl (C=O) groups is 3. The number of hydrogen-bond donors (Lipinski definition) is 3. The van der Waals surface area contributed by atoms with Gasteiger partial charge < -0.3 is 20.5 Å². The van der Waals surface area contributed by atoms with Gasteiger partial charge in [-0.05, 0) is 48.9 Å². The van der Waals surface area contributed by atoms with E-state index in [-0.39, 0.29) is 24.7 Å². The number of carbonyl (C=O) groups excluding carboxylic acids is 2. The van der Waals surface area contributed by atoms with Gasteiger partial charge in [-0.15, -0.1) is 11.8 Å². The van der Waals surface area contributed by atoms with Gasteiger partial charge in [0.1, 0.15) is 11.0 Å². The van der Waals surface area contributed by atoms with Crippen LogP contribution in [-0.2, 0) is 14.4 Å². The van der Waals surface area contributed by atoms with Crippen molar-refractivity contribution in [2.24, 2.45) is 0 Å². The van der Waals surface area contributed by atoms with Crippen molar-refractivity contribution in [1.82, 2.24) is 4.98 Å². The summed E-state index contributed by atoms with van der Waals surface area (Å²) in [5.74, 6) is -0.885. The van der Waals surface area contributed by atoms with Gasteiger partial charge in [-0.3, -0.25) is 14.4 Å². The van der Waals surface area contributed by atoms with Gasteiger partial charge in [0.15, 0.2) is 5.13 Å². The third-order valence-corrected chi connectivity index (χ3v) is 7.36. The fourth-order valence-electron chi connectivity index (χ4n) is 3.51. The number of aromatic nitrogens is 1. The lowest BCUT2D eigenvalue weighted by Crippen LogP contribution is -2.19. The minimum absolute atomic E-state index is 0.115. The highest BCUT2D eigenvalue weighted by Crippen LogP contribution is 2.38. The molecule has 1 unspecified atom stereocenters.